The Morgan fingerprint density at radius 1 is 1.08 bits per heavy atom. The van der Waals surface area contributed by atoms with Gasteiger partial charge in [-0.15, -0.1) is 0 Å². The van der Waals surface area contributed by atoms with E-state index in [4.69, 9.17) is 24.9 Å². The lowest BCUT2D eigenvalue weighted by Crippen LogP contribution is -2.64. The molecule has 6 aliphatic rings. The number of nitrogens with two attached hydrogens (primary N) is 1. The van der Waals surface area contributed by atoms with Crippen LogP contribution in [0, 0.1) is 5.82 Å². The first-order valence-corrected chi connectivity index (χ1v) is 18.3. The van der Waals surface area contributed by atoms with Gasteiger partial charge in [-0.05, 0) is 31.5 Å². The number of alkyl halides is 1. The van der Waals surface area contributed by atoms with E-state index in [1.807, 2.05) is 4.90 Å². The maximum Gasteiger partial charge on any atom is 0.319 e. The number of aromatic nitrogens is 3. The Morgan fingerprint density at radius 3 is 2.58 bits per heavy atom. The molecule has 0 aliphatic carbocycles. The number of morpholine rings is 1. The third-order valence-electron chi connectivity index (χ3n) is 10.3. The summed E-state index contributed by atoms with van der Waals surface area (Å²) in [7, 11) is -4.56. The summed E-state index contributed by atoms with van der Waals surface area (Å²) in [5.41, 5.74) is 4.69. The van der Waals surface area contributed by atoms with E-state index in [-0.39, 0.29) is 75.2 Å². The maximum absolute atomic E-state index is 17.4. The van der Waals surface area contributed by atoms with Crippen LogP contribution < -0.4 is 20.7 Å². The molecule has 0 radical (unpaired) electrons. The SMILES string of the molecule is Nc1nc2c(C3=C(F)c4nc(OC[C@@]56CCCN5C[C@H](F)C6)nc(N5C6CNCC5COC6)c4S(=O)(=O)N3C3COC3)ccc(F)c2s1. The van der Waals surface area contributed by atoms with Gasteiger partial charge in [-0.1, -0.05) is 11.3 Å². The van der Waals surface area contributed by atoms with Crippen LogP contribution in [-0.4, -0.2) is 122 Å². The molecule has 13 nitrogen and oxygen atoms in total. The molecule has 3 N–H and O–H groups in total. The Bertz CT molecular complexity index is 1940. The number of piperazine rings is 1. The average molecular weight is 707 g/mol. The molecule has 256 valence electrons. The van der Waals surface area contributed by atoms with Crippen LogP contribution in [0.3, 0.4) is 0 Å². The van der Waals surface area contributed by atoms with Crippen LogP contribution in [0.25, 0.3) is 21.7 Å². The fraction of sp³-hybridized carbons (Fsp3) is 0.567. The summed E-state index contributed by atoms with van der Waals surface area (Å²) in [5, 5.41) is 3.40. The second-order valence-electron chi connectivity index (χ2n) is 13.3. The predicted molar refractivity (Wildman–Crippen MR) is 170 cm³/mol. The van der Waals surface area contributed by atoms with E-state index in [1.54, 1.807) is 0 Å². The van der Waals surface area contributed by atoms with Crippen LogP contribution in [0.2, 0.25) is 0 Å². The van der Waals surface area contributed by atoms with E-state index in [2.05, 4.69) is 20.2 Å². The molecular weight excluding hydrogens is 674 g/mol. The van der Waals surface area contributed by atoms with Crippen molar-refractivity contribution in [3.8, 4) is 6.01 Å². The van der Waals surface area contributed by atoms with Gasteiger partial charge < -0.3 is 30.2 Å². The normalized spacial score (nSPS) is 30.1. The molecule has 5 fully saturated rings. The minimum atomic E-state index is -4.56. The van der Waals surface area contributed by atoms with E-state index in [0.717, 1.165) is 41.1 Å². The second-order valence-corrected chi connectivity index (χ2v) is 16.0. The first kappa shape index (κ1) is 30.7. The summed E-state index contributed by atoms with van der Waals surface area (Å²) >= 11 is 0.885. The van der Waals surface area contributed by atoms with Crippen molar-refractivity contribution in [1.29, 1.82) is 0 Å². The fourth-order valence-corrected chi connectivity index (χ4v) is 10.8. The number of fused-ring (bicyclic) bond motifs is 5. The summed E-state index contributed by atoms with van der Waals surface area (Å²) < 4.78 is 95.2. The van der Waals surface area contributed by atoms with Crippen molar-refractivity contribution in [3.05, 3.63) is 29.2 Å². The molecule has 4 atom stereocenters. The first-order valence-electron chi connectivity index (χ1n) is 16.0. The molecule has 2 bridgehead atoms. The highest BCUT2D eigenvalue weighted by Gasteiger charge is 2.52. The van der Waals surface area contributed by atoms with Crippen LogP contribution >= 0.6 is 11.3 Å². The van der Waals surface area contributed by atoms with Crippen molar-refractivity contribution in [1.82, 2.24) is 29.5 Å². The number of rotatable bonds is 6. The zero-order valence-electron chi connectivity index (χ0n) is 25.7. The molecule has 0 amide bonds. The molecule has 48 heavy (non-hydrogen) atoms. The molecule has 3 aromatic rings. The van der Waals surface area contributed by atoms with Crippen molar-refractivity contribution in [2.24, 2.45) is 0 Å². The molecule has 9 rings (SSSR count). The Balaban J connectivity index is 1.26. The molecule has 5 saturated heterocycles. The number of hydrogen-bond acceptors (Lipinski definition) is 13. The highest BCUT2D eigenvalue weighted by atomic mass is 32.2. The number of hydrogen-bond donors (Lipinski definition) is 2. The molecule has 1 aromatic carbocycles. The highest BCUT2D eigenvalue weighted by molar-refractivity contribution is 7.89. The summed E-state index contributed by atoms with van der Waals surface area (Å²) in [4.78, 5) is 17.0. The van der Waals surface area contributed by atoms with Crippen molar-refractivity contribution in [2.45, 2.75) is 54.0 Å². The average Bonchev–Trinajstić information content (AvgIpc) is 3.70. The van der Waals surface area contributed by atoms with Gasteiger partial charge in [0.15, 0.2) is 21.7 Å². The van der Waals surface area contributed by atoms with Gasteiger partial charge in [0.25, 0.3) is 10.0 Å². The van der Waals surface area contributed by atoms with Gasteiger partial charge in [-0.2, -0.15) is 9.97 Å². The number of ether oxygens (including phenoxy) is 3. The molecule has 0 saturated carbocycles. The number of halogens is 3. The monoisotopic (exact) mass is 706 g/mol. The molecule has 18 heteroatoms. The summed E-state index contributed by atoms with van der Waals surface area (Å²) in [6.45, 7) is 2.76. The van der Waals surface area contributed by atoms with Crippen LogP contribution in [-0.2, 0) is 19.5 Å². The minimum Gasteiger partial charge on any atom is -0.461 e. The number of nitrogens with zero attached hydrogens (tertiary/aromatic N) is 6. The number of anilines is 2. The lowest BCUT2D eigenvalue weighted by molar-refractivity contribution is -0.0232. The van der Waals surface area contributed by atoms with E-state index < -0.39 is 45.1 Å². The molecule has 2 aromatic heterocycles. The van der Waals surface area contributed by atoms with E-state index in [1.165, 1.54) is 6.07 Å². The van der Waals surface area contributed by atoms with Gasteiger partial charge in [0.05, 0.1) is 66.0 Å². The number of benzene rings is 1. The minimum absolute atomic E-state index is 0.0203. The molecular formula is C30H33F3N8O5S2. The van der Waals surface area contributed by atoms with Crippen molar-refractivity contribution >= 4 is 54.1 Å². The lowest BCUT2D eigenvalue weighted by atomic mass is 9.95. The molecule has 6 aliphatic heterocycles. The van der Waals surface area contributed by atoms with Crippen molar-refractivity contribution < 1.29 is 35.8 Å². The fourth-order valence-electron chi connectivity index (χ4n) is 8.15. The predicted octanol–water partition coefficient (Wildman–Crippen LogP) is 2.14. The van der Waals surface area contributed by atoms with Gasteiger partial charge in [-0.3, -0.25) is 9.21 Å². The highest BCUT2D eigenvalue weighted by Crippen LogP contribution is 2.49. The van der Waals surface area contributed by atoms with Crippen LogP contribution in [0.4, 0.5) is 24.1 Å². The first-order chi connectivity index (χ1) is 23.1. The second kappa shape index (κ2) is 11.1. The zero-order valence-corrected chi connectivity index (χ0v) is 27.3. The number of thiazole rings is 1. The third-order valence-corrected chi connectivity index (χ3v) is 13.1. The molecule has 2 unspecified atom stereocenters. The number of nitrogen functional groups attached to an aromatic ring is 1. The number of sulfonamides is 1. The summed E-state index contributed by atoms with van der Waals surface area (Å²) in [6.07, 6.45) is 0.930. The van der Waals surface area contributed by atoms with Crippen LogP contribution in [0.1, 0.15) is 30.5 Å². The van der Waals surface area contributed by atoms with Crippen molar-refractivity contribution in [2.75, 3.05) is 69.8 Å². The Hall–Kier alpha value is -3.29. The van der Waals surface area contributed by atoms with Crippen LogP contribution in [0.5, 0.6) is 6.01 Å². The van der Waals surface area contributed by atoms with Crippen molar-refractivity contribution in [3.63, 3.8) is 0 Å². The molecule has 8 heterocycles. The Morgan fingerprint density at radius 2 is 1.83 bits per heavy atom. The Labute approximate surface area is 277 Å². The van der Waals surface area contributed by atoms with Gasteiger partial charge >= 0.3 is 6.01 Å². The lowest BCUT2D eigenvalue weighted by Gasteiger charge is -2.48. The zero-order chi connectivity index (χ0) is 32.9. The smallest absolute Gasteiger partial charge is 0.319 e. The van der Waals surface area contributed by atoms with Gasteiger partial charge in [0, 0.05) is 31.6 Å². The third kappa shape index (κ3) is 4.56. The van der Waals surface area contributed by atoms with E-state index >= 15 is 4.39 Å². The number of nitrogens with one attached hydrogen (secondary N) is 1. The van der Waals surface area contributed by atoms with Gasteiger partial charge in [-0.25, -0.2) is 26.6 Å². The topological polar surface area (TPSA) is 148 Å². The summed E-state index contributed by atoms with van der Waals surface area (Å²) in [6, 6.07) is 0.887. The standard InChI is InChI=1S/C30H33F3N8O5S2/c31-15-6-30(4-1-5-39(30)9-15)14-46-29-37-23-21(33)24(19-2-3-20(32)25-22(19)36-28(34)47-25)41(18-12-45-13-18)48(42,43)26(23)27(38-29)40-16-7-35-8-17(40)11-44-10-16/h2-3,15-18,35H,1,4-14H2,(H2,34,36)/t15-,16?,17?,30+/m1/s1. The quantitative estimate of drug-likeness (QED) is 0.387. The molecule has 0 spiro atoms. The van der Waals surface area contributed by atoms with E-state index in [0.29, 0.717) is 39.3 Å². The maximum atomic E-state index is 17.4. The van der Waals surface area contributed by atoms with Crippen LogP contribution in [0.15, 0.2) is 17.0 Å². The van der Waals surface area contributed by atoms with E-state index in [9.17, 15) is 17.2 Å². The Kier molecular flexibility index (Phi) is 7.12. The van der Waals surface area contributed by atoms with Gasteiger partial charge in [0.2, 0.25) is 0 Å². The largest absolute Gasteiger partial charge is 0.461 e. The van der Waals surface area contributed by atoms with Gasteiger partial charge in [0.1, 0.15) is 24.3 Å². The summed E-state index contributed by atoms with van der Waals surface area (Å²) in [5.74, 6) is -1.55.